The second kappa shape index (κ2) is 9.02. The third-order valence-corrected chi connectivity index (χ3v) is 3.49. The van der Waals surface area contributed by atoms with E-state index in [0.29, 0.717) is 12.0 Å². The molecule has 0 spiro atoms. The van der Waals surface area contributed by atoms with Gasteiger partial charge in [0, 0.05) is 5.70 Å². The average Bonchev–Trinajstić information content (AvgIpc) is 2.34. The molecule has 2 atom stereocenters. The molecule has 0 saturated heterocycles. The number of allylic oxidation sites excluding steroid dienone is 1. The molecule has 0 aromatic carbocycles. The Bertz CT molecular complexity index is 288. The van der Waals surface area contributed by atoms with Crippen molar-refractivity contribution < 1.29 is 0 Å². The maximum Gasteiger partial charge on any atom is 0.0507 e. The zero-order valence-electron chi connectivity index (χ0n) is 12.8. The summed E-state index contributed by atoms with van der Waals surface area (Å²) in [4.78, 5) is 0. The second-order valence-electron chi connectivity index (χ2n) is 5.36. The lowest BCUT2D eigenvalue weighted by atomic mass is 9.95. The summed E-state index contributed by atoms with van der Waals surface area (Å²) < 4.78 is 0. The van der Waals surface area contributed by atoms with E-state index < -0.39 is 0 Å². The fourth-order valence-corrected chi connectivity index (χ4v) is 1.97. The van der Waals surface area contributed by atoms with Crippen molar-refractivity contribution in [3.63, 3.8) is 0 Å². The van der Waals surface area contributed by atoms with E-state index in [2.05, 4.69) is 45.8 Å². The van der Waals surface area contributed by atoms with Crippen molar-refractivity contribution in [2.75, 3.05) is 0 Å². The van der Waals surface area contributed by atoms with Gasteiger partial charge in [-0.2, -0.15) is 0 Å². The summed E-state index contributed by atoms with van der Waals surface area (Å²) in [5, 5.41) is 3.55. The van der Waals surface area contributed by atoms with E-state index in [0.717, 1.165) is 29.7 Å². The first-order valence-corrected chi connectivity index (χ1v) is 7.23. The number of rotatable bonds is 10. The molecule has 0 saturated carbocycles. The summed E-state index contributed by atoms with van der Waals surface area (Å²) in [6, 6.07) is 0.295. The lowest BCUT2D eigenvalue weighted by molar-refractivity contribution is 0.495. The average molecular weight is 249 g/mol. The molecule has 1 nitrogen and oxygen atoms in total. The summed E-state index contributed by atoms with van der Waals surface area (Å²) in [5.41, 5.74) is 3.32. The van der Waals surface area contributed by atoms with E-state index in [4.69, 9.17) is 0 Å². The fraction of sp³-hybridized carbons (Fsp3) is 0.647. The molecule has 0 aromatic rings. The van der Waals surface area contributed by atoms with Crippen LogP contribution in [0, 0.1) is 5.92 Å². The summed E-state index contributed by atoms with van der Waals surface area (Å²) in [7, 11) is 0. The molecule has 0 amide bonds. The third-order valence-electron chi connectivity index (χ3n) is 3.49. The predicted molar refractivity (Wildman–Crippen MR) is 83.6 cm³/mol. The Labute approximate surface area is 114 Å². The molecule has 0 rings (SSSR count). The minimum absolute atomic E-state index is 0.295. The van der Waals surface area contributed by atoms with Crippen molar-refractivity contribution >= 4 is 0 Å². The Morgan fingerprint density at radius 2 is 1.67 bits per heavy atom. The molecule has 1 heteroatoms. The van der Waals surface area contributed by atoms with Crippen LogP contribution in [-0.4, -0.2) is 6.04 Å². The van der Waals surface area contributed by atoms with Crippen LogP contribution in [0.2, 0.25) is 0 Å². The molecule has 0 bridgehead atoms. The molecule has 0 radical (unpaired) electrons. The van der Waals surface area contributed by atoms with E-state index in [1.165, 1.54) is 19.3 Å². The summed E-state index contributed by atoms with van der Waals surface area (Å²) in [6.45, 7) is 21.0. The van der Waals surface area contributed by atoms with Crippen LogP contribution in [0.4, 0.5) is 0 Å². The number of hydrogen-bond acceptors (Lipinski definition) is 1. The van der Waals surface area contributed by atoms with Gasteiger partial charge in [0.2, 0.25) is 0 Å². The van der Waals surface area contributed by atoms with Crippen molar-refractivity contribution in [1.82, 2.24) is 5.32 Å². The lowest BCUT2D eigenvalue weighted by Gasteiger charge is -2.26. The van der Waals surface area contributed by atoms with Crippen molar-refractivity contribution in [2.24, 2.45) is 5.92 Å². The Hall–Kier alpha value is -0.980. The molecule has 0 fully saturated rings. The molecular weight excluding hydrogens is 218 g/mol. The molecule has 18 heavy (non-hydrogen) atoms. The maximum absolute atomic E-state index is 4.19. The van der Waals surface area contributed by atoms with Crippen molar-refractivity contribution in [2.45, 2.75) is 65.8 Å². The molecule has 0 aliphatic carbocycles. The normalized spacial score (nSPS) is 13.8. The molecule has 0 heterocycles. The quantitative estimate of drug-likeness (QED) is 0.524. The first kappa shape index (κ1) is 17.0. The van der Waals surface area contributed by atoms with E-state index >= 15 is 0 Å². The maximum atomic E-state index is 4.19. The van der Waals surface area contributed by atoms with Crippen molar-refractivity contribution in [3.8, 4) is 0 Å². The zero-order valence-corrected chi connectivity index (χ0v) is 12.8. The predicted octanol–water partition coefficient (Wildman–Crippen LogP) is 5.22. The first-order valence-electron chi connectivity index (χ1n) is 7.23. The van der Waals surface area contributed by atoms with Gasteiger partial charge in [-0.3, -0.25) is 0 Å². The van der Waals surface area contributed by atoms with Gasteiger partial charge in [-0.1, -0.05) is 65.3 Å². The van der Waals surface area contributed by atoms with Crippen molar-refractivity contribution in [1.29, 1.82) is 0 Å². The SMILES string of the molecule is C=C(C)C(=C)C(CCC)NC(=C)C(C)CCCC. The van der Waals surface area contributed by atoms with Gasteiger partial charge in [0.1, 0.15) is 0 Å². The van der Waals surface area contributed by atoms with Crippen LogP contribution in [0.1, 0.15) is 59.8 Å². The van der Waals surface area contributed by atoms with Crippen LogP contribution in [0.15, 0.2) is 36.6 Å². The van der Waals surface area contributed by atoms with Crippen LogP contribution in [0.5, 0.6) is 0 Å². The minimum Gasteiger partial charge on any atom is -0.382 e. The van der Waals surface area contributed by atoms with Gasteiger partial charge in [-0.05, 0) is 31.3 Å². The van der Waals surface area contributed by atoms with E-state index in [9.17, 15) is 0 Å². The van der Waals surface area contributed by atoms with Gasteiger partial charge in [-0.15, -0.1) is 0 Å². The van der Waals surface area contributed by atoms with Crippen LogP contribution < -0.4 is 5.32 Å². The smallest absolute Gasteiger partial charge is 0.0507 e. The Kier molecular flexibility index (Phi) is 8.53. The first-order chi connectivity index (χ1) is 8.43. The monoisotopic (exact) mass is 249 g/mol. The standard InChI is InChI=1S/C17H31N/c1-8-10-12-14(5)16(7)18-17(11-9-2)15(6)13(3)4/h14,17-18H,3,6-12H2,1-2,4-5H3. The zero-order chi connectivity index (χ0) is 14.1. The van der Waals surface area contributed by atoms with Crippen LogP contribution >= 0.6 is 0 Å². The second-order valence-corrected chi connectivity index (χ2v) is 5.36. The van der Waals surface area contributed by atoms with Crippen LogP contribution in [0.3, 0.4) is 0 Å². The number of unbranched alkanes of at least 4 members (excludes halogenated alkanes) is 1. The molecule has 1 N–H and O–H groups in total. The van der Waals surface area contributed by atoms with Gasteiger partial charge in [-0.25, -0.2) is 0 Å². The lowest BCUT2D eigenvalue weighted by Crippen LogP contribution is -2.32. The van der Waals surface area contributed by atoms with E-state index in [1.54, 1.807) is 0 Å². The summed E-state index contributed by atoms with van der Waals surface area (Å²) >= 11 is 0. The highest BCUT2D eigenvalue weighted by molar-refractivity contribution is 5.29. The van der Waals surface area contributed by atoms with Gasteiger partial charge in [0.25, 0.3) is 0 Å². The Morgan fingerprint density at radius 1 is 1.06 bits per heavy atom. The van der Waals surface area contributed by atoms with Gasteiger partial charge in [0.05, 0.1) is 6.04 Å². The Balaban J connectivity index is 4.44. The number of nitrogens with one attached hydrogen (secondary N) is 1. The Morgan fingerprint density at radius 3 is 2.11 bits per heavy atom. The largest absolute Gasteiger partial charge is 0.382 e. The van der Waals surface area contributed by atoms with E-state index in [-0.39, 0.29) is 0 Å². The van der Waals surface area contributed by atoms with Crippen LogP contribution in [-0.2, 0) is 0 Å². The summed E-state index contributed by atoms with van der Waals surface area (Å²) in [6.07, 6.45) is 5.95. The van der Waals surface area contributed by atoms with Gasteiger partial charge >= 0.3 is 0 Å². The minimum atomic E-state index is 0.295. The van der Waals surface area contributed by atoms with Crippen molar-refractivity contribution in [3.05, 3.63) is 36.6 Å². The highest BCUT2D eigenvalue weighted by atomic mass is 14.9. The van der Waals surface area contributed by atoms with E-state index in [1.807, 2.05) is 6.92 Å². The molecular formula is C17H31N. The molecule has 104 valence electrons. The van der Waals surface area contributed by atoms with Gasteiger partial charge < -0.3 is 5.32 Å². The third kappa shape index (κ3) is 6.09. The molecule has 0 aromatic heterocycles. The molecule has 0 aliphatic heterocycles. The highest BCUT2D eigenvalue weighted by Crippen LogP contribution is 2.19. The van der Waals surface area contributed by atoms with Crippen LogP contribution in [0.25, 0.3) is 0 Å². The van der Waals surface area contributed by atoms with Gasteiger partial charge in [0.15, 0.2) is 0 Å². The highest BCUT2D eigenvalue weighted by Gasteiger charge is 2.15. The summed E-state index contributed by atoms with van der Waals surface area (Å²) in [5.74, 6) is 0.530. The molecule has 0 aliphatic rings. The topological polar surface area (TPSA) is 12.0 Å². The number of hydrogen-bond donors (Lipinski definition) is 1. The fourth-order valence-electron chi connectivity index (χ4n) is 1.97. The molecule has 2 unspecified atom stereocenters.